The number of carbonyl (C=O) groups excluding carboxylic acids is 2. The quantitative estimate of drug-likeness (QED) is 0.721. The van der Waals surface area contributed by atoms with Crippen molar-refractivity contribution in [2.75, 3.05) is 11.9 Å². The highest BCUT2D eigenvalue weighted by molar-refractivity contribution is 6.03. The maximum absolute atomic E-state index is 12.8. The minimum absolute atomic E-state index is 0.209. The van der Waals surface area contributed by atoms with Crippen molar-refractivity contribution in [1.29, 1.82) is 5.26 Å². The Morgan fingerprint density at radius 2 is 1.96 bits per heavy atom. The molecule has 2 heterocycles. The predicted octanol–water partition coefficient (Wildman–Crippen LogP) is 3.26. The number of imidazole rings is 1. The van der Waals surface area contributed by atoms with Gasteiger partial charge in [0.25, 0.3) is 11.8 Å². The number of carbonyl (C=O) groups is 2. The number of hydrogen-bond acceptors (Lipinski definition) is 4. The number of hydrogen-bond donors (Lipinski definition) is 2. The van der Waals surface area contributed by atoms with Crippen LogP contribution in [-0.4, -0.2) is 27.9 Å². The van der Waals surface area contributed by atoms with Gasteiger partial charge in [-0.15, -0.1) is 0 Å². The Balaban J connectivity index is 1.78. The topological polar surface area (TPSA) is 99.8 Å². The molecule has 28 heavy (non-hydrogen) atoms. The Morgan fingerprint density at radius 3 is 2.68 bits per heavy atom. The van der Waals surface area contributed by atoms with Gasteiger partial charge in [0, 0.05) is 18.8 Å². The van der Waals surface area contributed by atoms with E-state index in [0.29, 0.717) is 30.0 Å². The van der Waals surface area contributed by atoms with Crippen LogP contribution in [0.4, 0.5) is 5.69 Å². The first-order valence-corrected chi connectivity index (χ1v) is 9.83. The highest BCUT2D eigenvalue weighted by Crippen LogP contribution is 2.22. The molecule has 1 aliphatic heterocycles. The van der Waals surface area contributed by atoms with Crippen molar-refractivity contribution in [3.05, 3.63) is 47.0 Å². The number of anilines is 1. The van der Waals surface area contributed by atoms with Crippen LogP contribution >= 0.6 is 0 Å². The van der Waals surface area contributed by atoms with Gasteiger partial charge < -0.3 is 15.2 Å². The number of nitrogens with one attached hydrogen (secondary N) is 2. The molecule has 146 valence electrons. The van der Waals surface area contributed by atoms with Gasteiger partial charge in [0.05, 0.1) is 17.3 Å². The smallest absolute Gasteiger partial charge is 0.291 e. The maximum atomic E-state index is 12.8. The van der Waals surface area contributed by atoms with Crippen molar-refractivity contribution >= 4 is 17.5 Å². The zero-order valence-corrected chi connectivity index (χ0v) is 16.1. The van der Waals surface area contributed by atoms with Gasteiger partial charge in [-0.25, -0.2) is 4.98 Å². The van der Waals surface area contributed by atoms with Crippen LogP contribution in [0.5, 0.6) is 0 Å². The van der Waals surface area contributed by atoms with Gasteiger partial charge in [0.15, 0.2) is 5.82 Å². The van der Waals surface area contributed by atoms with Crippen LogP contribution in [-0.2, 0) is 13.0 Å². The summed E-state index contributed by atoms with van der Waals surface area (Å²) < 4.78 is 1.86. The third-order valence-corrected chi connectivity index (χ3v) is 4.87. The van der Waals surface area contributed by atoms with Crippen LogP contribution in [0, 0.1) is 11.3 Å². The molecule has 0 spiro atoms. The molecular formula is C21H25N5O2. The minimum Gasteiger partial charge on any atom is -0.351 e. The number of nitrogens with zero attached hydrogens (tertiary/aromatic N) is 3. The summed E-state index contributed by atoms with van der Waals surface area (Å²) in [6.45, 7) is 3.42. The summed E-state index contributed by atoms with van der Waals surface area (Å²) in [7, 11) is 0. The Hall–Kier alpha value is -3.14. The summed E-state index contributed by atoms with van der Waals surface area (Å²) in [6.07, 6.45) is 5.78. The van der Waals surface area contributed by atoms with Gasteiger partial charge in [-0.1, -0.05) is 19.8 Å². The number of rotatable bonds is 7. The van der Waals surface area contributed by atoms with Crippen LogP contribution in [0.3, 0.4) is 0 Å². The van der Waals surface area contributed by atoms with E-state index in [1.54, 1.807) is 24.3 Å². The van der Waals surface area contributed by atoms with Gasteiger partial charge in [-0.2, -0.15) is 5.26 Å². The molecule has 3 rings (SSSR count). The molecule has 0 atom stereocenters. The molecule has 2 amide bonds. The number of aromatic nitrogens is 2. The lowest BCUT2D eigenvalue weighted by molar-refractivity contribution is 0.0947. The lowest BCUT2D eigenvalue weighted by Crippen LogP contribution is -2.26. The van der Waals surface area contributed by atoms with E-state index in [1.807, 2.05) is 10.6 Å². The first-order valence-electron chi connectivity index (χ1n) is 9.83. The second kappa shape index (κ2) is 9.18. The molecule has 0 aliphatic carbocycles. The molecule has 0 radical (unpaired) electrons. The largest absolute Gasteiger partial charge is 0.351 e. The van der Waals surface area contributed by atoms with Crippen molar-refractivity contribution in [1.82, 2.24) is 14.9 Å². The molecule has 2 aromatic rings. The van der Waals surface area contributed by atoms with Gasteiger partial charge >= 0.3 is 0 Å². The van der Waals surface area contributed by atoms with Gasteiger partial charge in [-0.3, -0.25) is 9.59 Å². The van der Waals surface area contributed by atoms with Crippen molar-refractivity contribution in [3.8, 4) is 6.07 Å². The second-order valence-corrected chi connectivity index (χ2v) is 6.95. The molecule has 0 unspecified atom stereocenters. The van der Waals surface area contributed by atoms with Crippen molar-refractivity contribution in [2.45, 2.75) is 52.0 Å². The molecule has 0 bridgehead atoms. The predicted molar refractivity (Wildman–Crippen MR) is 106 cm³/mol. The van der Waals surface area contributed by atoms with E-state index in [4.69, 9.17) is 5.26 Å². The van der Waals surface area contributed by atoms with E-state index in [1.165, 1.54) is 0 Å². The zero-order valence-electron chi connectivity index (χ0n) is 16.1. The number of nitriles is 1. The molecule has 1 aromatic carbocycles. The molecule has 1 aliphatic rings. The Bertz CT molecular complexity index is 893. The Morgan fingerprint density at radius 1 is 1.18 bits per heavy atom. The van der Waals surface area contributed by atoms with Crippen molar-refractivity contribution < 1.29 is 9.59 Å². The Labute approximate surface area is 164 Å². The first-order chi connectivity index (χ1) is 13.6. The Kier molecular flexibility index (Phi) is 6.43. The average Bonchev–Trinajstić information content (AvgIpc) is 3.11. The molecule has 7 heteroatoms. The van der Waals surface area contributed by atoms with E-state index >= 15 is 0 Å². The van der Waals surface area contributed by atoms with Crippen LogP contribution in [0.15, 0.2) is 24.3 Å². The van der Waals surface area contributed by atoms with Crippen LogP contribution < -0.4 is 10.6 Å². The number of benzene rings is 1. The van der Waals surface area contributed by atoms with E-state index in [2.05, 4.69) is 22.5 Å². The molecule has 0 fully saturated rings. The molecule has 2 N–H and O–H groups in total. The number of amides is 2. The number of unbranched alkanes of at least 4 members (excludes halogenated alkanes) is 2. The molecule has 0 saturated carbocycles. The first kappa shape index (κ1) is 19.6. The fraction of sp³-hybridized carbons (Fsp3) is 0.429. The molecular weight excluding hydrogens is 354 g/mol. The van der Waals surface area contributed by atoms with Gasteiger partial charge in [0.2, 0.25) is 0 Å². The maximum Gasteiger partial charge on any atom is 0.291 e. The lowest BCUT2D eigenvalue weighted by atomic mass is 10.1. The normalized spacial score (nSPS) is 12.7. The molecule has 1 aromatic heterocycles. The zero-order chi connectivity index (χ0) is 19.9. The summed E-state index contributed by atoms with van der Waals surface area (Å²) in [5.74, 6) is -0.296. The van der Waals surface area contributed by atoms with Crippen LogP contribution in [0.1, 0.15) is 71.4 Å². The van der Waals surface area contributed by atoms with E-state index in [-0.39, 0.29) is 17.6 Å². The number of fused-ring (bicyclic) bond motifs is 1. The summed E-state index contributed by atoms with van der Waals surface area (Å²) in [5, 5.41) is 14.6. The fourth-order valence-electron chi connectivity index (χ4n) is 3.37. The van der Waals surface area contributed by atoms with Crippen LogP contribution in [0.25, 0.3) is 0 Å². The third-order valence-electron chi connectivity index (χ3n) is 4.87. The second-order valence-electron chi connectivity index (χ2n) is 6.95. The standard InChI is InChI=1S/C21H25N5O2/c1-2-3-5-12-23-20(27)18-17-7-4-6-13-26(17)19(25-18)21(28)24-16-10-8-15(14-22)9-11-16/h8-11H,2-7,12-13H2,1H3,(H,23,27)(H,24,28). The lowest BCUT2D eigenvalue weighted by Gasteiger charge is -2.17. The third kappa shape index (κ3) is 4.39. The van der Waals surface area contributed by atoms with E-state index in [9.17, 15) is 9.59 Å². The summed E-state index contributed by atoms with van der Waals surface area (Å²) in [4.78, 5) is 29.8. The van der Waals surface area contributed by atoms with Gasteiger partial charge in [0.1, 0.15) is 5.69 Å². The summed E-state index contributed by atoms with van der Waals surface area (Å²) >= 11 is 0. The highest BCUT2D eigenvalue weighted by atomic mass is 16.2. The summed E-state index contributed by atoms with van der Waals surface area (Å²) in [6, 6.07) is 8.69. The summed E-state index contributed by atoms with van der Waals surface area (Å²) in [5.41, 5.74) is 2.31. The molecule has 0 saturated heterocycles. The average molecular weight is 379 g/mol. The SMILES string of the molecule is CCCCCNC(=O)c1nc(C(=O)Nc2ccc(C#N)cc2)n2c1CCCC2. The monoisotopic (exact) mass is 379 g/mol. The van der Waals surface area contributed by atoms with E-state index < -0.39 is 0 Å². The van der Waals surface area contributed by atoms with Gasteiger partial charge in [-0.05, 0) is 49.9 Å². The molecule has 7 nitrogen and oxygen atoms in total. The van der Waals surface area contributed by atoms with Crippen molar-refractivity contribution in [2.24, 2.45) is 0 Å². The van der Waals surface area contributed by atoms with Crippen LogP contribution in [0.2, 0.25) is 0 Å². The van der Waals surface area contributed by atoms with E-state index in [0.717, 1.165) is 44.2 Å². The highest BCUT2D eigenvalue weighted by Gasteiger charge is 2.27. The minimum atomic E-state index is -0.349. The van der Waals surface area contributed by atoms with Crippen molar-refractivity contribution in [3.63, 3.8) is 0 Å². The fourth-order valence-corrected chi connectivity index (χ4v) is 3.37.